The van der Waals surface area contributed by atoms with Crippen LogP contribution >= 0.6 is 11.6 Å². The van der Waals surface area contributed by atoms with E-state index in [-0.39, 0.29) is 34.3 Å². The van der Waals surface area contributed by atoms with Gasteiger partial charge in [0.15, 0.2) is 0 Å². The minimum Gasteiger partial charge on any atom is -0.497 e. The Labute approximate surface area is 159 Å². The standard InChI is InChI=1S/C17H15ClN4O5/c1-10(23)7-17(24)19-14-6-4-12(27-2)9-16(14)21-20-15-8-11(22(25)26)3-5-13(15)18/h3-6,8-9H,7H2,1-2H3,(H,19,24). The third kappa shape index (κ3) is 5.58. The van der Waals surface area contributed by atoms with Gasteiger partial charge >= 0.3 is 0 Å². The van der Waals surface area contributed by atoms with Crippen LogP contribution in [0.5, 0.6) is 5.75 Å². The van der Waals surface area contributed by atoms with Crippen molar-refractivity contribution in [2.45, 2.75) is 13.3 Å². The fourth-order valence-corrected chi connectivity index (χ4v) is 2.20. The quantitative estimate of drug-likeness (QED) is 0.320. The number of hydrogen-bond acceptors (Lipinski definition) is 7. The fourth-order valence-electron chi connectivity index (χ4n) is 2.05. The van der Waals surface area contributed by atoms with Gasteiger partial charge in [-0.15, -0.1) is 10.2 Å². The number of anilines is 1. The molecular formula is C17H15ClN4O5. The first-order chi connectivity index (χ1) is 12.8. The molecular weight excluding hydrogens is 376 g/mol. The molecule has 2 aromatic rings. The van der Waals surface area contributed by atoms with Gasteiger partial charge in [-0.1, -0.05) is 11.6 Å². The van der Waals surface area contributed by atoms with Crippen molar-refractivity contribution in [3.05, 3.63) is 51.5 Å². The lowest BCUT2D eigenvalue weighted by molar-refractivity contribution is -0.384. The van der Waals surface area contributed by atoms with Crippen LogP contribution in [0.4, 0.5) is 22.7 Å². The summed E-state index contributed by atoms with van der Waals surface area (Å²) in [5.41, 5.74) is 0.435. The summed E-state index contributed by atoms with van der Waals surface area (Å²) in [6, 6.07) is 8.43. The monoisotopic (exact) mass is 390 g/mol. The molecule has 0 atom stereocenters. The van der Waals surface area contributed by atoms with E-state index in [1.54, 1.807) is 12.1 Å². The van der Waals surface area contributed by atoms with Gasteiger partial charge in [-0.3, -0.25) is 19.7 Å². The molecule has 0 aliphatic heterocycles. The van der Waals surface area contributed by atoms with E-state index in [0.717, 1.165) is 0 Å². The lowest BCUT2D eigenvalue weighted by Crippen LogP contribution is -2.14. The van der Waals surface area contributed by atoms with Gasteiger partial charge in [0.05, 0.1) is 29.2 Å². The van der Waals surface area contributed by atoms with Crippen molar-refractivity contribution >= 4 is 46.0 Å². The summed E-state index contributed by atoms with van der Waals surface area (Å²) in [4.78, 5) is 33.2. The molecule has 0 aromatic heterocycles. The van der Waals surface area contributed by atoms with Gasteiger partial charge in [0.2, 0.25) is 5.91 Å². The van der Waals surface area contributed by atoms with Crippen LogP contribution in [0, 0.1) is 10.1 Å². The predicted octanol–water partition coefficient (Wildman–Crippen LogP) is 4.59. The number of methoxy groups -OCH3 is 1. The maximum atomic E-state index is 11.8. The summed E-state index contributed by atoms with van der Waals surface area (Å²) >= 11 is 6.00. The number of benzene rings is 2. The van der Waals surface area contributed by atoms with Crippen molar-refractivity contribution in [2.75, 3.05) is 12.4 Å². The maximum absolute atomic E-state index is 11.8. The van der Waals surface area contributed by atoms with Gasteiger partial charge in [-0.05, 0) is 25.1 Å². The zero-order valence-electron chi connectivity index (χ0n) is 14.4. The van der Waals surface area contributed by atoms with E-state index in [0.29, 0.717) is 11.4 Å². The van der Waals surface area contributed by atoms with Gasteiger partial charge in [0.25, 0.3) is 5.69 Å². The summed E-state index contributed by atoms with van der Waals surface area (Å²) in [5.74, 6) is -0.330. The van der Waals surface area contributed by atoms with Crippen LogP contribution in [-0.2, 0) is 9.59 Å². The van der Waals surface area contributed by atoms with Crippen LogP contribution in [0.2, 0.25) is 5.02 Å². The summed E-state index contributed by atoms with van der Waals surface area (Å²) in [6.07, 6.45) is -0.278. The SMILES string of the molecule is COc1ccc(NC(=O)CC(C)=O)c(N=Nc2cc([N+](=O)[O-])ccc2Cl)c1. The third-order valence-electron chi connectivity index (χ3n) is 3.29. The Bertz CT molecular complexity index is 930. The van der Waals surface area contributed by atoms with Crippen molar-refractivity contribution in [3.8, 4) is 5.75 Å². The molecule has 0 unspecified atom stereocenters. The smallest absolute Gasteiger partial charge is 0.271 e. The molecule has 0 heterocycles. The average Bonchev–Trinajstić information content (AvgIpc) is 2.61. The highest BCUT2D eigenvalue weighted by Gasteiger charge is 2.12. The van der Waals surface area contributed by atoms with Gasteiger partial charge in [-0.25, -0.2) is 0 Å². The second-order valence-corrected chi connectivity index (χ2v) is 5.81. The molecule has 1 N–H and O–H groups in total. The number of nitrogens with zero attached hydrogens (tertiary/aromatic N) is 3. The molecule has 10 heteroatoms. The molecule has 0 saturated carbocycles. The molecule has 27 heavy (non-hydrogen) atoms. The van der Waals surface area contributed by atoms with Crippen LogP contribution in [0.1, 0.15) is 13.3 Å². The van der Waals surface area contributed by atoms with E-state index >= 15 is 0 Å². The summed E-state index contributed by atoms with van der Waals surface area (Å²) in [7, 11) is 1.46. The molecule has 2 rings (SSSR count). The second kappa shape index (κ2) is 8.86. The molecule has 0 aliphatic rings. The average molecular weight is 391 g/mol. The summed E-state index contributed by atoms with van der Waals surface area (Å²) in [6.45, 7) is 1.30. The Hall–Kier alpha value is -3.33. The number of carbonyl (C=O) groups is 2. The molecule has 2 aromatic carbocycles. The fraction of sp³-hybridized carbons (Fsp3) is 0.176. The van der Waals surface area contributed by atoms with E-state index in [1.165, 1.54) is 38.3 Å². The van der Waals surface area contributed by atoms with Gasteiger partial charge in [-0.2, -0.15) is 0 Å². The molecule has 0 radical (unpaired) electrons. The van der Waals surface area contributed by atoms with E-state index in [4.69, 9.17) is 16.3 Å². The van der Waals surface area contributed by atoms with E-state index in [1.807, 2.05) is 0 Å². The predicted molar refractivity (Wildman–Crippen MR) is 99.2 cm³/mol. The summed E-state index contributed by atoms with van der Waals surface area (Å²) in [5, 5.41) is 21.6. The molecule has 0 fully saturated rings. The Kier molecular flexibility index (Phi) is 6.56. The van der Waals surface area contributed by atoms with Crippen LogP contribution in [0.3, 0.4) is 0 Å². The Balaban J connectivity index is 2.37. The molecule has 9 nitrogen and oxygen atoms in total. The number of nitro benzene ring substituents is 1. The lowest BCUT2D eigenvalue weighted by atomic mass is 10.2. The zero-order valence-corrected chi connectivity index (χ0v) is 15.2. The Morgan fingerprint density at radius 1 is 1.19 bits per heavy atom. The molecule has 0 aliphatic carbocycles. The molecule has 140 valence electrons. The zero-order chi connectivity index (χ0) is 20.0. The molecule has 0 spiro atoms. The number of azo groups is 1. The highest BCUT2D eigenvalue weighted by Crippen LogP contribution is 2.34. The second-order valence-electron chi connectivity index (χ2n) is 5.40. The number of hydrogen-bond donors (Lipinski definition) is 1. The van der Waals surface area contributed by atoms with Gasteiger partial charge < -0.3 is 10.1 Å². The van der Waals surface area contributed by atoms with Crippen LogP contribution < -0.4 is 10.1 Å². The number of non-ortho nitro benzene ring substituents is 1. The van der Waals surface area contributed by atoms with Crippen molar-refractivity contribution in [2.24, 2.45) is 10.2 Å². The first-order valence-corrected chi connectivity index (χ1v) is 8.01. The highest BCUT2D eigenvalue weighted by molar-refractivity contribution is 6.33. The molecule has 0 bridgehead atoms. The van der Waals surface area contributed by atoms with E-state index < -0.39 is 10.8 Å². The number of Topliss-reactive ketones (excluding diaryl/α,β-unsaturated/α-hetero) is 1. The number of carbonyl (C=O) groups excluding carboxylic acids is 2. The topological polar surface area (TPSA) is 123 Å². The van der Waals surface area contributed by atoms with Crippen molar-refractivity contribution < 1.29 is 19.2 Å². The molecule has 1 amide bonds. The maximum Gasteiger partial charge on any atom is 0.271 e. The number of halogens is 1. The number of rotatable bonds is 7. The Morgan fingerprint density at radius 2 is 1.89 bits per heavy atom. The molecule has 0 saturated heterocycles. The number of ether oxygens (including phenoxy) is 1. The van der Waals surface area contributed by atoms with E-state index in [2.05, 4.69) is 15.5 Å². The van der Waals surface area contributed by atoms with Gasteiger partial charge in [0.1, 0.15) is 22.9 Å². The van der Waals surface area contributed by atoms with Crippen LogP contribution in [-0.4, -0.2) is 23.7 Å². The highest BCUT2D eigenvalue weighted by atomic mass is 35.5. The van der Waals surface area contributed by atoms with E-state index in [9.17, 15) is 19.7 Å². The largest absolute Gasteiger partial charge is 0.497 e. The summed E-state index contributed by atoms with van der Waals surface area (Å²) < 4.78 is 5.12. The number of ketones is 1. The number of nitrogens with one attached hydrogen (secondary N) is 1. The number of amides is 1. The lowest BCUT2D eigenvalue weighted by Gasteiger charge is -2.09. The minimum absolute atomic E-state index is 0.0923. The van der Waals surface area contributed by atoms with Crippen LogP contribution in [0.25, 0.3) is 0 Å². The van der Waals surface area contributed by atoms with Crippen molar-refractivity contribution in [1.82, 2.24) is 0 Å². The van der Waals surface area contributed by atoms with Crippen LogP contribution in [0.15, 0.2) is 46.6 Å². The normalized spacial score (nSPS) is 10.6. The third-order valence-corrected chi connectivity index (χ3v) is 3.61. The van der Waals surface area contributed by atoms with Gasteiger partial charge in [0, 0.05) is 18.2 Å². The number of nitro groups is 1. The Morgan fingerprint density at radius 3 is 2.52 bits per heavy atom. The first kappa shape index (κ1) is 20.0. The minimum atomic E-state index is -0.575. The van der Waals surface area contributed by atoms with Crippen molar-refractivity contribution in [3.63, 3.8) is 0 Å². The van der Waals surface area contributed by atoms with Crippen molar-refractivity contribution in [1.29, 1.82) is 0 Å². The first-order valence-electron chi connectivity index (χ1n) is 7.63.